The summed E-state index contributed by atoms with van der Waals surface area (Å²) in [5, 5.41) is 5.86. The average molecular weight is 345 g/mol. The Balaban J connectivity index is 1.88. The highest BCUT2D eigenvalue weighted by Crippen LogP contribution is 2.38. The summed E-state index contributed by atoms with van der Waals surface area (Å²) in [6, 6.07) is 7.41. The number of amides is 2. The summed E-state index contributed by atoms with van der Waals surface area (Å²) in [7, 11) is 0. The number of nitrogens with one attached hydrogen (secondary N) is 2. The van der Waals surface area contributed by atoms with E-state index < -0.39 is 0 Å². The Bertz CT molecular complexity index is 580. The molecule has 0 aromatic heterocycles. The quantitative estimate of drug-likeness (QED) is 0.677. The lowest BCUT2D eigenvalue weighted by molar-refractivity contribution is -0.124. The molecule has 1 saturated carbocycles. The van der Waals surface area contributed by atoms with Crippen LogP contribution in [0.3, 0.4) is 0 Å². The van der Waals surface area contributed by atoms with Crippen molar-refractivity contribution in [3.8, 4) is 0 Å². The van der Waals surface area contributed by atoms with Crippen LogP contribution < -0.4 is 16.4 Å². The van der Waals surface area contributed by atoms with Gasteiger partial charge < -0.3 is 16.4 Å². The van der Waals surface area contributed by atoms with E-state index in [4.69, 9.17) is 5.73 Å². The van der Waals surface area contributed by atoms with Crippen LogP contribution in [0.2, 0.25) is 0 Å². The zero-order valence-corrected chi connectivity index (χ0v) is 15.3. The first kappa shape index (κ1) is 19.4. The molecule has 5 nitrogen and oxygen atoms in total. The summed E-state index contributed by atoms with van der Waals surface area (Å²) < 4.78 is 0. The molecule has 0 radical (unpaired) electrons. The standard InChI is InChI=1S/C20H31N3O2/c1-2-11-22-19(25)17-8-6-7-16(12-17)14-23-18(24)13-20(15-21)9-4-3-5-10-20/h6-8,12H,2-5,9-11,13-15,21H2,1H3,(H,22,25)(H,23,24). The van der Waals surface area contributed by atoms with Gasteiger partial charge in [-0.2, -0.15) is 0 Å². The fourth-order valence-electron chi connectivity index (χ4n) is 3.52. The summed E-state index contributed by atoms with van der Waals surface area (Å²) >= 11 is 0. The van der Waals surface area contributed by atoms with Crippen LogP contribution in [-0.2, 0) is 11.3 Å². The smallest absolute Gasteiger partial charge is 0.251 e. The van der Waals surface area contributed by atoms with Crippen molar-refractivity contribution in [3.63, 3.8) is 0 Å². The van der Waals surface area contributed by atoms with Gasteiger partial charge in [-0.15, -0.1) is 0 Å². The van der Waals surface area contributed by atoms with Gasteiger partial charge in [0.1, 0.15) is 0 Å². The lowest BCUT2D eigenvalue weighted by Gasteiger charge is -2.35. The SMILES string of the molecule is CCCNC(=O)c1cccc(CNC(=O)CC2(CN)CCCCC2)c1. The lowest BCUT2D eigenvalue weighted by atomic mass is 9.71. The van der Waals surface area contributed by atoms with Gasteiger partial charge >= 0.3 is 0 Å². The van der Waals surface area contributed by atoms with Gasteiger partial charge in [-0.1, -0.05) is 38.3 Å². The minimum Gasteiger partial charge on any atom is -0.352 e. The molecule has 1 aromatic rings. The number of hydrogen-bond donors (Lipinski definition) is 3. The maximum atomic E-state index is 12.4. The third kappa shape index (κ3) is 5.85. The molecule has 0 unspecified atom stereocenters. The van der Waals surface area contributed by atoms with E-state index >= 15 is 0 Å². The van der Waals surface area contributed by atoms with Crippen LogP contribution in [0.15, 0.2) is 24.3 Å². The summed E-state index contributed by atoms with van der Waals surface area (Å²) in [5.74, 6) is -0.0208. The van der Waals surface area contributed by atoms with Gasteiger partial charge in [-0.05, 0) is 48.9 Å². The van der Waals surface area contributed by atoms with Gasteiger partial charge in [0, 0.05) is 25.1 Å². The Hall–Kier alpha value is -1.88. The second kappa shape index (κ2) is 9.56. The molecule has 0 saturated heterocycles. The van der Waals surface area contributed by atoms with Crippen molar-refractivity contribution in [2.24, 2.45) is 11.1 Å². The Morgan fingerprint density at radius 2 is 1.92 bits per heavy atom. The number of rotatable bonds is 8. The zero-order valence-electron chi connectivity index (χ0n) is 15.3. The fraction of sp³-hybridized carbons (Fsp3) is 0.600. The highest BCUT2D eigenvalue weighted by Gasteiger charge is 2.32. The largest absolute Gasteiger partial charge is 0.352 e. The molecule has 1 aliphatic rings. The molecule has 2 amide bonds. The Morgan fingerprint density at radius 3 is 2.60 bits per heavy atom. The highest BCUT2D eigenvalue weighted by molar-refractivity contribution is 5.94. The van der Waals surface area contributed by atoms with Crippen LogP contribution in [0.1, 0.15) is 67.8 Å². The molecule has 0 spiro atoms. The van der Waals surface area contributed by atoms with Gasteiger partial charge in [0.05, 0.1) is 0 Å². The van der Waals surface area contributed by atoms with Crippen LogP contribution in [0.5, 0.6) is 0 Å². The van der Waals surface area contributed by atoms with E-state index in [1.54, 1.807) is 6.07 Å². The van der Waals surface area contributed by atoms with E-state index in [2.05, 4.69) is 10.6 Å². The van der Waals surface area contributed by atoms with E-state index in [9.17, 15) is 9.59 Å². The maximum absolute atomic E-state index is 12.4. The van der Waals surface area contributed by atoms with Gasteiger partial charge in [-0.25, -0.2) is 0 Å². The molecule has 5 heteroatoms. The molecule has 1 fully saturated rings. The molecule has 0 aliphatic heterocycles. The normalized spacial score (nSPS) is 16.2. The minimum absolute atomic E-state index is 0.0236. The molecular weight excluding hydrogens is 314 g/mol. The van der Waals surface area contributed by atoms with E-state index in [0.29, 0.717) is 31.6 Å². The Kier molecular flexibility index (Phi) is 7.44. The van der Waals surface area contributed by atoms with Crippen molar-refractivity contribution < 1.29 is 9.59 Å². The Labute approximate surface area is 150 Å². The van der Waals surface area contributed by atoms with Crippen LogP contribution in [0.25, 0.3) is 0 Å². The van der Waals surface area contributed by atoms with Gasteiger partial charge in [0.25, 0.3) is 5.91 Å². The first-order valence-electron chi connectivity index (χ1n) is 9.42. The molecule has 0 atom stereocenters. The zero-order chi connectivity index (χ0) is 18.1. The Morgan fingerprint density at radius 1 is 1.16 bits per heavy atom. The molecular formula is C20H31N3O2. The third-order valence-corrected chi connectivity index (χ3v) is 5.10. The maximum Gasteiger partial charge on any atom is 0.251 e. The van der Waals surface area contributed by atoms with E-state index in [-0.39, 0.29) is 17.2 Å². The number of benzene rings is 1. The predicted octanol–water partition coefficient (Wildman–Crippen LogP) is 2.74. The van der Waals surface area contributed by atoms with E-state index in [1.807, 2.05) is 25.1 Å². The number of carbonyl (C=O) groups excluding carboxylic acids is 2. The van der Waals surface area contributed by atoms with Crippen LogP contribution >= 0.6 is 0 Å². The topological polar surface area (TPSA) is 84.2 Å². The molecule has 4 N–H and O–H groups in total. The van der Waals surface area contributed by atoms with Crippen molar-refractivity contribution in [1.82, 2.24) is 10.6 Å². The summed E-state index contributed by atoms with van der Waals surface area (Å²) in [5.41, 5.74) is 7.50. The van der Waals surface area contributed by atoms with E-state index in [0.717, 1.165) is 24.8 Å². The first-order valence-corrected chi connectivity index (χ1v) is 9.42. The van der Waals surface area contributed by atoms with Crippen molar-refractivity contribution in [3.05, 3.63) is 35.4 Å². The van der Waals surface area contributed by atoms with Crippen molar-refractivity contribution in [2.75, 3.05) is 13.1 Å². The second-order valence-corrected chi connectivity index (χ2v) is 7.17. The summed E-state index contributed by atoms with van der Waals surface area (Å²) in [6.45, 7) is 3.70. The fourth-order valence-corrected chi connectivity index (χ4v) is 3.52. The van der Waals surface area contributed by atoms with Crippen molar-refractivity contribution in [2.45, 2.75) is 58.4 Å². The molecule has 2 rings (SSSR count). The molecule has 25 heavy (non-hydrogen) atoms. The summed E-state index contributed by atoms with van der Waals surface area (Å²) in [6.07, 6.45) is 7.08. The van der Waals surface area contributed by atoms with Gasteiger partial charge in [-0.3, -0.25) is 9.59 Å². The molecule has 1 aromatic carbocycles. The number of nitrogens with two attached hydrogens (primary N) is 1. The lowest BCUT2D eigenvalue weighted by Crippen LogP contribution is -2.38. The molecule has 0 bridgehead atoms. The average Bonchev–Trinajstić information content (AvgIpc) is 2.65. The van der Waals surface area contributed by atoms with Gasteiger partial charge in [0.15, 0.2) is 0 Å². The molecule has 1 aliphatic carbocycles. The third-order valence-electron chi connectivity index (χ3n) is 5.10. The van der Waals surface area contributed by atoms with Crippen molar-refractivity contribution >= 4 is 11.8 Å². The highest BCUT2D eigenvalue weighted by atomic mass is 16.2. The van der Waals surface area contributed by atoms with E-state index in [1.165, 1.54) is 19.3 Å². The van der Waals surface area contributed by atoms with Crippen LogP contribution in [0, 0.1) is 5.41 Å². The predicted molar refractivity (Wildman–Crippen MR) is 100 cm³/mol. The van der Waals surface area contributed by atoms with Gasteiger partial charge in [0.2, 0.25) is 5.91 Å². The number of carbonyl (C=O) groups is 2. The number of hydrogen-bond acceptors (Lipinski definition) is 3. The molecule has 138 valence electrons. The minimum atomic E-state index is -0.0701. The monoisotopic (exact) mass is 345 g/mol. The summed E-state index contributed by atoms with van der Waals surface area (Å²) in [4.78, 5) is 24.4. The van der Waals surface area contributed by atoms with Crippen LogP contribution in [0.4, 0.5) is 0 Å². The second-order valence-electron chi connectivity index (χ2n) is 7.17. The molecule has 0 heterocycles. The first-order chi connectivity index (χ1) is 12.1. The van der Waals surface area contributed by atoms with Crippen LogP contribution in [-0.4, -0.2) is 24.9 Å². The van der Waals surface area contributed by atoms with Crippen molar-refractivity contribution in [1.29, 1.82) is 0 Å².